The minimum absolute atomic E-state index is 0.0737. The highest BCUT2D eigenvalue weighted by molar-refractivity contribution is 5.77. The minimum atomic E-state index is -0.0737. The first-order valence-corrected chi connectivity index (χ1v) is 4.40. The molecule has 0 unspecified atom stereocenters. The number of nitrogens with zero attached hydrogens (tertiary/aromatic N) is 1. The second kappa shape index (κ2) is 5.39. The van der Waals surface area contributed by atoms with Crippen molar-refractivity contribution in [3.63, 3.8) is 0 Å². The van der Waals surface area contributed by atoms with Crippen LogP contribution < -0.4 is 5.32 Å². The van der Waals surface area contributed by atoms with E-state index in [1.165, 1.54) is 0 Å². The summed E-state index contributed by atoms with van der Waals surface area (Å²) >= 11 is 0. The summed E-state index contributed by atoms with van der Waals surface area (Å²) in [6.45, 7) is 2.83. The van der Waals surface area contributed by atoms with E-state index in [1.807, 2.05) is 0 Å². The number of carbonyl (C=O) groups excluding carboxylic acids is 1. The number of nitrogens with one attached hydrogen (secondary N) is 1. The predicted octanol–water partition coefficient (Wildman–Crippen LogP) is 0.288. The van der Waals surface area contributed by atoms with Gasteiger partial charge in [0.25, 0.3) is 0 Å². The van der Waals surface area contributed by atoms with E-state index in [2.05, 4.69) is 10.5 Å². The molecule has 14 heavy (non-hydrogen) atoms. The predicted molar refractivity (Wildman–Crippen MR) is 49.8 cm³/mol. The summed E-state index contributed by atoms with van der Waals surface area (Å²) in [4.78, 5) is 11.2. The van der Waals surface area contributed by atoms with Crippen molar-refractivity contribution in [2.24, 2.45) is 0 Å². The Labute approximate surface area is 82.4 Å². The van der Waals surface area contributed by atoms with E-state index in [4.69, 9.17) is 9.26 Å². The van der Waals surface area contributed by atoms with Gasteiger partial charge in [-0.1, -0.05) is 5.16 Å². The van der Waals surface area contributed by atoms with Gasteiger partial charge in [0.2, 0.25) is 5.91 Å². The Bertz CT molecular complexity index is 296. The maximum absolute atomic E-state index is 11.2. The van der Waals surface area contributed by atoms with Gasteiger partial charge in [0.15, 0.2) is 0 Å². The van der Waals surface area contributed by atoms with Gasteiger partial charge in [-0.25, -0.2) is 0 Å². The normalized spacial score (nSPS) is 10.1. The lowest BCUT2D eigenvalue weighted by Gasteiger charge is -2.01. The molecule has 1 rings (SSSR count). The zero-order valence-electron chi connectivity index (χ0n) is 8.37. The zero-order valence-corrected chi connectivity index (χ0v) is 8.37. The lowest BCUT2D eigenvalue weighted by Crippen LogP contribution is -2.28. The number of hydrogen-bond donors (Lipinski definition) is 1. The molecule has 0 fully saturated rings. The molecule has 0 saturated carbocycles. The number of ether oxygens (including phenoxy) is 1. The summed E-state index contributed by atoms with van der Waals surface area (Å²) in [5.74, 6) is 0.639. The van der Waals surface area contributed by atoms with Crippen LogP contribution in [0.15, 0.2) is 10.6 Å². The van der Waals surface area contributed by atoms with Crippen LogP contribution in [0.3, 0.4) is 0 Å². The zero-order chi connectivity index (χ0) is 10.4. The van der Waals surface area contributed by atoms with E-state index in [-0.39, 0.29) is 12.3 Å². The summed E-state index contributed by atoms with van der Waals surface area (Å²) in [6.07, 6.45) is 0.251. The molecule has 0 aliphatic heterocycles. The smallest absolute Gasteiger partial charge is 0.226 e. The summed E-state index contributed by atoms with van der Waals surface area (Å²) < 4.78 is 9.63. The number of aromatic nitrogens is 1. The first kappa shape index (κ1) is 10.7. The Hall–Kier alpha value is -1.36. The third kappa shape index (κ3) is 3.57. The molecule has 78 valence electrons. The van der Waals surface area contributed by atoms with Gasteiger partial charge in [0.05, 0.1) is 18.7 Å². The van der Waals surface area contributed by atoms with Crippen molar-refractivity contribution < 1.29 is 14.1 Å². The summed E-state index contributed by atoms with van der Waals surface area (Å²) in [5.41, 5.74) is 0.650. The number of aryl methyl sites for hydroxylation is 1. The van der Waals surface area contributed by atoms with E-state index < -0.39 is 0 Å². The minimum Gasteiger partial charge on any atom is -0.383 e. The summed E-state index contributed by atoms with van der Waals surface area (Å²) in [7, 11) is 1.59. The van der Waals surface area contributed by atoms with Gasteiger partial charge in [-0.15, -0.1) is 0 Å². The molecule has 1 amide bonds. The third-order valence-corrected chi connectivity index (χ3v) is 1.65. The van der Waals surface area contributed by atoms with Crippen LogP contribution in [0.25, 0.3) is 0 Å². The summed E-state index contributed by atoms with van der Waals surface area (Å²) in [6, 6.07) is 1.75. The fourth-order valence-corrected chi connectivity index (χ4v) is 1.02. The van der Waals surface area contributed by atoms with Gasteiger partial charge >= 0.3 is 0 Å². The Morgan fingerprint density at radius 1 is 1.71 bits per heavy atom. The summed E-state index contributed by atoms with van der Waals surface area (Å²) in [5, 5.41) is 6.41. The Balaban J connectivity index is 2.27. The second-order valence-electron chi connectivity index (χ2n) is 2.95. The standard InChI is InChI=1S/C9H14N2O3/c1-7-5-8(11-14-7)6-9(12)10-3-4-13-2/h5H,3-4,6H2,1-2H3,(H,10,12). The number of methoxy groups -OCH3 is 1. The Morgan fingerprint density at radius 3 is 3.07 bits per heavy atom. The van der Waals surface area contributed by atoms with Crippen molar-refractivity contribution in [1.29, 1.82) is 0 Å². The van der Waals surface area contributed by atoms with Gasteiger partial charge in [-0.2, -0.15) is 0 Å². The molecule has 1 heterocycles. The molecule has 1 N–H and O–H groups in total. The highest BCUT2D eigenvalue weighted by Crippen LogP contribution is 2.01. The first-order chi connectivity index (χ1) is 6.72. The van der Waals surface area contributed by atoms with Crippen molar-refractivity contribution in [3.05, 3.63) is 17.5 Å². The Morgan fingerprint density at radius 2 is 2.50 bits per heavy atom. The first-order valence-electron chi connectivity index (χ1n) is 4.40. The van der Waals surface area contributed by atoms with E-state index in [0.29, 0.717) is 24.6 Å². The molecule has 0 radical (unpaired) electrons. The van der Waals surface area contributed by atoms with Crippen LogP contribution in [0.4, 0.5) is 0 Å². The number of hydrogen-bond acceptors (Lipinski definition) is 4. The monoisotopic (exact) mass is 198 g/mol. The van der Waals surface area contributed by atoms with E-state index in [0.717, 1.165) is 0 Å². The lowest BCUT2D eigenvalue weighted by molar-refractivity contribution is -0.120. The molecule has 0 aromatic carbocycles. The molecule has 0 aliphatic rings. The quantitative estimate of drug-likeness (QED) is 0.690. The van der Waals surface area contributed by atoms with Gasteiger partial charge in [-0.05, 0) is 6.92 Å². The van der Waals surface area contributed by atoms with Crippen LogP contribution in [0.1, 0.15) is 11.5 Å². The molecular weight excluding hydrogens is 184 g/mol. The lowest BCUT2D eigenvalue weighted by atomic mass is 10.3. The highest BCUT2D eigenvalue weighted by atomic mass is 16.5. The van der Waals surface area contributed by atoms with Crippen molar-refractivity contribution in [2.75, 3.05) is 20.3 Å². The van der Waals surface area contributed by atoms with E-state index in [1.54, 1.807) is 20.1 Å². The molecule has 0 atom stereocenters. The molecule has 0 bridgehead atoms. The van der Waals surface area contributed by atoms with Crippen LogP contribution in [-0.2, 0) is 16.0 Å². The average molecular weight is 198 g/mol. The highest BCUT2D eigenvalue weighted by Gasteiger charge is 2.06. The number of rotatable bonds is 5. The van der Waals surface area contributed by atoms with Crippen LogP contribution in [0.5, 0.6) is 0 Å². The average Bonchev–Trinajstić information content (AvgIpc) is 2.52. The molecule has 1 aromatic rings. The van der Waals surface area contributed by atoms with Crippen molar-refractivity contribution in [3.8, 4) is 0 Å². The van der Waals surface area contributed by atoms with Crippen LogP contribution >= 0.6 is 0 Å². The maximum atomic E-state index is 11.2. The number of carbonyl (C=O) groups is 1. The second-order valence-corrected chi connectivity index (χ2v) is 2.95. The van der Waals surface area contributed by atoms with Crippen LogP contribution in [0, 0.1) is 6.92 Å². The van der Waals surface area contributed by atoms with Crippen molar-refractivity contribution in [1.82, 2.24) is 10.5 Å². The van der Waals surface area contributed by atoms with Crippen molar-refractivity contribution >= 4 is 5.91 Å². The van der Waals surface area contributed by atoms with Gasteiger partial charge in [-0.3, -0.25) is 4.79 Å². The van der Waals surface area contributed by atoms with Crippen molar-refractivity contribution in [2.45, 2.75) is 13.3 Å². The molecular formula is C9H14N2O3. The van der Waals surface area contributed by atoms with Gasteiger partial charge < -0.3 is 14.6 Å². The molecule has 0 spiro atoms. The SMILES string of the molecule is COCCNC(=O)Cc1cc(C)on1. The van der Waals surface area contributed by atoms with Gasteiger partial charge in [0, 0.05) is 19.7 Å². The fraction of sp³-hybridized carbons (Fsp3) is 0.556. The topological polar surface area (TPSA) is 64.4 Å². The third-order valence-electron chi connectivity index (χ3n) is 1.65. The van der Waals surface area contributed by atoms with Gasteiger partial charge in [0.1, 0.15) is 5.76 Å². The maximum Gasteiger partial charge on any atom is 0.226 e. The molecule has 0 saturated heterocycles. The largest absolute Gasteiger partial charge is 0.383 e. The van der Waals surface area contributed by atoms with Crippen LogP contribution in [-0.4, -0.2) is 31.3 Å². The van der Waals surface area contributed by atoms with E-state index >= 15 is 0 Å². The molecule has 0 aliphatic carbocycles. The molecule has 5 nitrogen and oxygen atoms in total. The molecule has 5 heteroatoms. The van der Waals surface area contributed by atoms with Crippen LogP contribution in [0.2, 0.25) is 0 Å². The van der Waals surface area contributed by atoms with E-state index in [9.17, 15) is 4.79 Å². The molecule has 1 aromatic heterocycles. The number of amides is 1. The fourth-order valence-electron chi connectivity index (χ4n) is 1.02. The Kier molecular flexibility index (Phi) is 4.12.